The van der Waals surface area contributed by atoms with Crippen LogP contribution in [0.1, 0.15) is 27.9 Å². The molecule has 8 nitrogen and oxygen atoms in total. The second-order valence-corrected chi connectivity index (χ2v) is 8.10. The molecule has 0 aliphatic heterocycles. The molecule has 9 heteroatoms. The van der Waals surface area contributed by atoms with Crippen molar-refractivity contribution in [1.82, 2.24) is 5.43 Å². The summed E-state index contributed by atoms with van der Waals surface area (Å²) in [5, 5.41) is 23.9. The fraction of sp³-hybridized carbons (Fsp3) is 0.107. The average Bonchev–Trinajstić information content (AvgIpc) is 2.90. The molecule has 0 atom stereocenters. The second-order valence-electron chi connectivity index (χ2n) is 7.70. The van der Waals surface area contributed by atoms with E-state index in [9.17, 15) is 19.8 Å². The number of amides is 1. The van der Waals surface area contributed by atoms with E-state index in [-0.39, 0.29) is 51.5 Å². The number of rotatable bonds is 10. The number of benzene rings is 3. The standard InChI is InChI=1S/C28H25ClN2O6/c1-36-26-15-18(9-13-24(26)33)7-11-20(30-31-28(35)22-5-3-4-6-23(22)29)17-21(32)12-8-19-10-14-25(34)27(16-19)37-2/h3-16,33-34H,17H2,1-2H3,(H,31,35)/b11-7+,12-8+,30-20+. The van der Waals surface area contributed by atoms with Crippen LogP contribution in [0.5, 0.6) is 23.0 Å². The molecular formula is C28H25ClN2O6. The van der Waals surface area contributed by atoms with Gasteiger partial charge < -0.3 is 19.7 Å². The normalized spacial score (nSPS) is 11.6. The lowest BCUT2D eigenvalue weighted by Crippen LogP contribution is -2.20. The van der Waals surface area contributed by atoms with Gasteiger partial charge in [0.15, 0.2) is 28.8 Å². The minimum atomic E-state index is -0.526. The molecule has 0 aliphatic carbocycles. The summed E-state index contributed by atoms with van der Waals surface area (Å²) in [6, 6.07) is 16.0. The molecule has 1 amide bonds. The quantitative estimate of drug-likeness (QED) is 0.191. The van der Waals surface area contributed by atoms with Crippen molar-refractivity contribution in [1.29, 1.82) is 0 Å². The Balaban J connectivity index is 1.82. The lowest BCUT2D eigenvalue weighted by molar-refractivity contribution is -0.113. The Morgan fingerprint density at radius 1 is 0.892 bits per heavy atom. The summed E-state index contributed by atoms with van der Waals surface area (Å²) in [6.07, 6.45) is 6.08. The molecule has 0 saturated carbocycles. The maximum Gasteiger partial charge on any atom is 0.272 e. The molecule has 190 valence electrons. The Hall–Kier alpha value is -4.56. The molecule has 37 heavy (non-hydrogen) atoms. The van der Waals surface area contributed by atoms with Crippen molar-refractivity contribution in [3.05, 3.63) is 94.5 Å². The minimum absolute atomic E-state index is 0.00767. The van der Waals surface area contributed by atoms with Crippen LogP contribution in [0.25, 0.3) is 12.2 Å². The number of halogens is 1. The van der Waals surface area contributed by atoms with Gasteiger partial charge in [-0.3, -0.25) is 9.59 Å². The molecule has 0 spiro atoms. The Morgan fingerprint density at radius 2 is 1.46 bits per heavy atom. The number of ketones is 1. The Morgan fingerprint density at radius 3 is 2.03 bits per heavy atom. The predicted octanol–water partition coefficient (Wildman–Crippen LogP) is 5.24. The van der Waals surface area contributed by atoms with Crippen LogP contribution in [0, 0.1) is 0 Å². The first-order chi connectivity index (χ1) is 17.8. The van der Waals surface area contributed by atoms with Gasteiger partial charge in [0.1, 0.15) is 0 Å². The van der Waals surface area contributed by atoms with E-state index in [4.69, 9.17) is 21.1 Å². The van der Waals surface area contributed by atoms with Gasteiger partial charge in [0, 0.05) is 0 Å². The number of phenols is 2. The fourth-order valence-electron chi connectivity index (χ4n) is 3.18. The van der Waals surface area contributed by atoms with E-state index in [2.05, 4.69) is 10.5 Å². The van der Waals surface area contributed by atoms with Crippen LogP contribution in [0.4, 0.5) is 0 Å². The SMILES string of the molecule is COc1cc(/C=C/C(=O)CC(/C=C/c2ccc(O)c(OC)c2)=N/NC(=O)c2ccccc2Cl)ccc1O. The average molecular weight is 521 g/mol. The van der Waals surface area contributed by atoms with Crippen LogP contribution >= 0.6 is 11.6 Å². The van der Waals surface area contributed by atoms with Crippen molar-refractivity contribution >= 4 is 41.2 Å². The van der Waals surface area contributed by atoms with E-state index in [0.29, 0.717) is 11.1 Å². The van der Waals surface area contributed by atoms with E-state index in [1.807, 2.05) is 0 Å². The van der Waals surface area contributed by atoms with Crippen molar-refractivity contribution in [3.63, 3.8) is 0 Å². The third-order valence-electron chi connectivity index (χ3n) is 5.11. The van der Waals surface area contributed by atoms with Crippen LogP contribution in [0.15, 0.2) is 77.9 Å². The summed E-state index contributed by atoms with van der Waals surface area (Å²) >= 11 is 6.09. The van der Waals surface area contributed by atoms with Gasteiger partial charge in [-0.1, -0.05) is 48.0 Å². The molecule has 0 unspecified atom stereocenters. The number of nitrogens with one attached hydrogen (secondary N) is 1. The molecule has 3 rings (SSSR count). The number of hydrogen-bond donors (Lipinski definition) is 3. The van der Waals surface area contributed by atoms with Crippen molar-refractivity contribution in [3.8, 4) is 23.0 Å². The first-order valence-electron chi connectivity index (χ1n) is 11.0. The highest BCUT2D eigenvalue weighted by Crippen LogP contribution is 2.27. The molecule has 3 N–H and O–H groups in total. The zero-order valence-corrected chi connectivity index (χ0v) is 20.9. The van der Waals surface area contributed by atoms with Crippen LogP contribution in [-0.2, 0) is 4.79 Å². The number of hydrogen-bond acceptors (Lipinski definition) is 7. The lowest BCUT2D eigenvalue weighted by Gasteiger charge is -2.05. The number of hydrazone groups is 1. The van der Waals surface area contributed by atoms with E-state index in [1.165, 1.54) is 32.4 Å². The number of phenolic OH excluding ortho intramolecular Hbond substituents is 2. The molecule has 0 fully saturated rings. The summed E-state index contributed by atoms with van der Waals surface area (Å²) in [5.41, 5.74) is 4.28. The van der Waals surface area contributed by atoms with Gasteiger partial charge in [-0.15, -0.1) is 0 Å². The zero-order chi connectivity index (χ0) is 26.8. The third-order valence-corrected chi connectivity index (χ3v) is 5.44. The molecule has 3 aromatic rings. The minimum Gasteiger partial charge on any atom is -0.504 e. The predicted molar refractivity (Wildman–Crippen MR) is 143 cm³/mol. The van der Waals surface area contributed by atoms with Gasteiger partial charge in [0.05, 0.1) is 36.9 Å². The molecule has 3 aromatic carbocycles. The first kappa shape index (κ1) is 27.0. The largest absolute Gasteiger partial charge is 0.504 e. The van der Waals surface area contributed by atoms with Gasteiger partial charge in [0.2, 0.25) is 0 Å². The van der Waals surface area contributed by atoms with Gasteiger partial charge in [-0.25, -0.2) is 5.43 Å². The van der Waals surface area contributed by atoms with Crippen molar-refractivity contribution in [2.75, 3.05) is 14.2 Å². The van der Waals surface area contributed by atoms with Crippen molar-refractivity contribution in [2.45, 2.75) is 6.42 Å². The van der Waals surface area contributed by atoms with Crippen molar-refractivity contribution in [2.24, 2.45) is 5.10 Å². The highest BCUT2D eigenvalue weighted by molar-refractivity contribution is 6.33. The summed E-state index contributed by atoms with van der Waals surface area (Å²) in [7, 11) is 2.87. The molecule has 0 aliphatic rings. The molecule has 0 aromatic heterocycles. The van der Waals surface area contributed by atoms with Gasteiger partial charge in [-0.05, 0) is 59.7 Å². The highest BCUT2D eigenvalue weighted by Gasteiger charge is 2.10. The third kappa shape index (κ3) is 7.71. The number of nitrogens with zero attached hydrogens (tertiary/aromatic N) is 1. The first-order valence-corrected chi connectivity index (χ1v) is 11.4. The van der Waals surface area contributed by atoms with Crippen LogP contribution in [-0.4, -0.2) is 41.8 Å². The summed E-state index contributed by atoms with van der Waals surface area (Å²) < 4.78 is 10.2. The van der Waals surface area contributed by atoms with E-state index in [1.54, 1.807) is 66.8 Å². The number of ether oxygens (including phenoxy) is 2. The van der Waals surface area contributed by atoms with Gasteiger partial charge >= 0.3 is 0 Å². The maximum atomic E-state index is 12.7. The molecule has 0 saturated heterocycles. The topological polar surface area (TPSA) is 117 Å². The number of methoxy groups -OCH3 is 2. The molecule has 0 bridgehead atoms. The number of aromatic hydroxyl groups is 2. The van der Waals surface area contributed by atoms with Gasteiger partial charge in [0.25, 0.3) is 5.91 Å². The van der Waals surface area contributed by atoms with Crippen LogP contribution < -0.4 is 14.9 Å². The summed E-state index contributed by atoms with van der Waals surface area (Å²) in [4.78, 5) is 25.3. The fourth-order valence-corrected chi connectivity index (χ4v) is 3.40. The van der Waals surface area contributed by atoms with E-state index < -0.39 is 5.91 Å². The van der Waals surface area contributed by atoms with E-state index in [0.717, 1.165) is 0 Å². The highest BCUT2D eigenvalue weighted by atomic mass is 35.5. The number of allylic oxidation sites excluding steroid dienone is 2. The molecule has 0 radical (unpaired) electrons. The maximum absolute atomic E-state index is 12.7. The lowest BCUT2D eigenvalue weighted by atomic mass is 10.1. The smallest absolute Gasteiger partial charge is 0.272 e. The summed E-state index contributed by atoms with van der Waals surface area (Å²) in [6.45, 7) is 0. The van der Waals surface area contributed by atoms with Gasteiger partial charge in [-0.2, -0.15) is 5.10 Å². The number of carbonyl (C=O) groups excluding carboxylic acids is 2. The van der Waals surface area contributed by atoms with Crippen LogP contribution in [0.3, 0.4) is 0 Å². The summed E-state index contributed by atoms with van der Waals surface area (Å²) in [5.74, 6) is -0.257. The Kier molecular flexibility index (Phi) is 9.46. The Labute approximate surface area is 219 Å². The molecule has 0 heterocycles. The second kappa shape index (κ2) is 12.9. The Bertz CT molecular complexity index is 1380. The zero-order valence-electron chi connectivity index (χ0n) is 20.1. The molecular weight excluding hydrogens is 496 g/mol. The number of carbonyl (C=O) groups is 2. The van der Waals surface area contributed by atoms with Crippen molar-refractivity contribution < 1.29 is 29.3 Å². The van der Waals surface area contributed by atoms with E-state index >= 15 is 0 Å². The monoisotopic (exact) mass is 520 g/mol. The van der Waals surface area contributed by atoms with Crippen LogP contribution in [0.2, 0.25) is 5.02 Å².